The van der Waals surface area contributed by atoms with Gasteiger partial charge in [0.15, 0.2) is 11.6 Å². The Morgan fingerprint density at radius 1 is 1.42 bits per heavy atom. The molecule has 1 rings (SSSR count). The molecule has 1 unspecified atom stereocenters. The molecular weight excluding hydrogens is 250 g/mol. The van der Waals surface area contributed by atoms with Crippen LogP contribution in [0.15, 0.2) is 18.2 Å². The van der Waals surface area contributed by atoms with Crippen molar-refractivity contribution in [3.8, 4) is 0 Å². The summed E-state index contributed by atoms with van der Waals surface area (Å²) in [4.78, 5) is 11.9. The third-order valence-corrected chi connectivity index (χ3v) is 3.51. The molecule has 0 aliphatic rings. The summed E-state index contributed by atoms with van der Waals surface area (Å²) < 4.78 is 26.5. The zero-order valence-electron chi connectivity index (χ0n) is 11.5. The molecule has 0 radical (unpaired) electrons. The number of hydrogen-bond donors (Lipinski definition) is 2. The Morgan fingerprint density at radius 3 is 2.58 bits per heavy atom. The molecule has 5 heteroatoms. The number of halogens is 2. The lowest BCUT2D eigenvalue weighted by Crippen LogP contribution is -2.55. The summed E-state index contributed by atoms with van der Waals surface area (Å²) in [5.74, 6) is -2.16. The fraction of sp³-hybridized carbons (Fsp3) is 0.500. The standard InChI is InChI=1S/C14H20F2N2O/c1-9(2)14(3,8-17)18-12(19)7-10-5-4-6-11(15)13(10)16/h4-6,9H,7-8,17H2,1-3H3,(H,18,19). The van der Waals surface area contributed by atoms with Crippen LogP contribution in [-0.2, 0) is 11.2 Å². The molecule has 106 valence electrons. The van der Waals surface area contributed by atoms with Crippen molar-refractivity contribution in [2.75, 3.05) is 6.54 Å². The molecule has 0 saturated heterocycles. The van der Waals surface area contributed by atoms with Crippen molar-refractivity contribution in [1.29, 1.82) is 0 Å². The highest BCUT2D eigenvalue weighted by atomic mass is 19.2. The van der Waals surface area contributed by atoms with E-state index in [0.717, 1.165) is 6.07 Å². The van der Waals surface area contributed by atoms with E-state index < -0.39 is 17.2 Å². The Balaban J connectivity index is 2.78. The average molecular weight is 270 g/mol. The van der Waals surface area contributed by atoms with E-state index in [1.807, 2.05) is 20.8 Å². The normalized spacial score (nSPS) is 14.3. The molecule has 0 bridgehead atoms. The quantitative estimate of drug-likeness (QED) is 0.859. The van der Waals surface area contributed by atoms with Crippen molar-refractivity contribution >= 4 is 5.91 Å². The summed E-state index contributed by atoms with van der Waals surface area (Å²) in [6.07, 6.45) is -0.202. The van der Waals surface area contributed by atoms with Crippen LogP contribution in [0.4, 0.5) is 8.78 Å². The number of rotatable bonds is 5. The summed E-state index contributed by atoms with van der Waals surface area (Å²) in [6, 6.07) is 3.80. The van der Waals surface area contributed by atoms with E-state index in [4.69, 9.17) is 5.73 Å². The summed E-state index contributed by atoms with van der Waals surface area (Å²) in [5.41, 5.74) is 5.14. The molecule has 0 heterocycles. The van der Waals surface area contributed by atoms with E-state index in [0.29, 0.717) is 0 Å². The van der Waals surface area contributed by atoms with Crippen LogP contribution in [0.1, 0.15) is 26.3 Å². The Hall–Kier alpha value is -1.49. The minimum Gasteiger partial charge on any atom is -0.349 e. The number of nitrogens with one attached hydrogen (secondary N) is 1. The molecule has 0 aliphatic heterocycles. The number of nitrogens with two attached hydrogens (primary N) is 1. The van der Waals surface area contributed by atoms with E-state index in [-0.39, 0.29) is 30.4 Å². The Bertz CT molecular complexity index is 463. The lowest BCUT2D eigenvalue weighted by atomic mass is 9.88. The molecule has 0 aliphatic carbocycles. The van der Waals surface area contributed by atoms with Gasteiger partial charge in [0, 0.05) is 12.1 Å². The van der Waals surface area contributed by atoms with Crippen LogP contribution in [0, 0.1) is 17.6 Å². The lowest BCUT2D eigenvalue weighted by molar-refractivity contribution is -0.122. The molecule has 0 spiro atoms. The summed E-state index contributed by atoms with van der Waals surface area (Å²) in [6.45, 7) is 5.99. The molecule has 0 saturated carbocycles. The Morgan fingerprint density at radius 2 is 2.05 bits per heavy atom. The maximum absolute atomic E-state index is 13.5. The van der Waals surface area contributed by atoms with Crippen LogP contribution in [-0.4, -0.2) is 18.0 Å². The molecule has 3 nitrogen and oxygen atoms in total. The largest absolute Gasteiger partial charge is 0.349 e. The lowest BCUT2D eigenvalue weighted by Gasteiger charge is -2.33. The predicted molar refractivity (Wildman–Crippen MR) is 70.5 cm³/mol. The van der Waals surface area contributed by atoms with Crippen molar-refractivity contribution in [2.24, 2.45) is 11.7 Å². The van der Waals surface area contributed by atoms with E-state index in [2.05, 4.69) is 5.32 Å². The highest BCUT2D eigenvalue weighted by molar-refractivity contribution is 5.79. The maximum Gasteiger partial charge on any atom is 0.225 e. The fourth-order valence-corrected chi connectivity index (χ4v) is 1.65. The first-order valence-corrected chi connectivity index (χ1v) is 6.24. The smallest absolute Gasteiger partial charge is 0.225 e. The molecule has 19 heavy (non-hydrogen) atoms. The number of benzene rings is 1. The van der Waals surface area contributed by atoms with Crippen molar-refractivity contribution in [2.45, 2.75) is 32.7 Å². The number of carbonyl (C=O) groups is 1. The van der Waals surface area contributed by atoms with Gasteiger partial charge in [-0.1, -0.05) is 26.0 Å². The van der Waals surface area contributed by atoms with Crippen LogP contribution >= 0.6 is 0 Å². The van der Waals surface area contributed by atoms with Gasteiger partial charge in [0.25, 0.3) is 0 Å². The van der Waals surface area contributed by atoms with E-state index in [1.165, 1.54) is 12.1 Å². The number of amides is 1. The third kappa shape index (κ3) is 3.73. The summed E-state index contributed by atoms with van der Waals surface area (Å²) >= 11 is 0. The maximum atomic E-state index is 13.5. The van der Waals surface area contributed by atoms with Gasteiger partial charge in [-0.25, -0.2) is 8.78 Å². The van der Waals surface area contributed by atoms with Crippen LogP contribution < -0.4 is 11.1 Å². The van der Waals surface area contributed by atoms with Gasteiger partial charge >= 0.3 is 0 Å². The highest BCUT2D eigenvalue weighted by Gasteiger charge is 2.28. The molecule has 0 aromatic heterocycles. The van der Waals surface area contributed by atoms with Crippen LogP contribution in [0.25, 0.3) is 0 Å². The summed E-state index contributed by atoms with van der Waals surface area (Å²) in [7, 11) is 0. The Kier molecular flexibility index (Phi) is 5.00. The number of hydrogen-bond acceptors (Lipinski definition) is 2. The first kappa shape index (κ1) is 15.6. The van der Waals surface area contributed by atoms with E-state index in [1.54, 1.807) is 0 Å². The molecular formula is C14H20F2N2O. The highest BCUT2D eigenvalue weighted by Crippen LogP contribution is 2.16. The number of carbonyl (C=O) groups excluding carboxylic acids is 1. The fourth-order valence-electron chi connectivity index (χ4n) is 1.65. The van der Waals surface area contributed by atoms with Crippen molar-refractivity contribution in [1.82, 2.24) is 5.32 Å². The van der Waals surface area contributed by atoms with Gasteiger partial charge in [-0.05, 0) is 18.9 Å². The Labute approximate surface area is 112 Å². The van der Waals surface area contributed by atoms with Gasteiger partial charge in [0.05, 0.1) is 12.0 Å². The van der Waals surface area contributed by atoms with Crippen molar-refractivity contribution in [3.05, 3.63) is 35.4 Å². The van der Waals surface area contributed by atoms with E-state index in [9.17, 15) is 13.6 Å². The van der Waals surface area contributed by atoms with Crippen molar-refractivity contribution < 1.29 is 13.6 Å². The van der Waals surface area contributed by atoms with Gasteiger partial charge in [-0.3, -0.25) is 4.79 Å². The topological polar surface area (TPSA) is 55.1 Å². The van der Waals surface area contributed by atoms with Crippen LogP contribution in [0.5, 0.6) is 0 Å². The van der Waals surface area contributed by atoms with E-state index >= 15 is 0 Å². The zero-order chi connectivity index (χ0) is 14.6. The van der Waals surface area contributed by atoms with Gasteiger partial charge < -0.3 is 11.1 Å². The molecule has 1 aromatic carbocycles. The molecule has 3 N–H and O–H groups in total. The zero-order valence-corrected chi connectivity index (χ0v) is 11.5. The van der Waals surface area contributed by atoms with Gasteiger partial charge in [0.2, 0.25) is 5.91 Å². The van der Waals surface area contributed by atoms with Crippen LogP contribution in [0.3, 0.4) is 0 Å². The second-order valence-corrected chi connectivity index (χ2v) is 5.21. The second kappa shape index (κ2) is 6.10. The van der Waals surface area contributed by atoms with Crippen LogP contribution in [0.2, 0.25) is 0 Å². The summed E-state index contributed by atoms with van der Waals surface area (Å²) in [5, 5.41) is 2.78. The monoisotopic (exact) mass is 270 g/mol. The minimum atomic E-state index is -0.975. The minimum absolute atomic E-state index is 0.0422. The first-order valence-electron chi connectivity index (χ1n) is 6.24. The van der Waals surface area contributed by atoms with Gasteiger partial charge in [-0.2, -0.15) is 0 Å². The van der Waals surface area contributed by atoms with Gasteiger partial charge in [0.1, 0.15) is 0 Å². The van der Waals surface area contributed by atoms with Gasteiger partial charge in [-0.15, -0.1) is 0 Å². The SMILES string of the molecule is CC(C)C(C)(CN)NC(=O)Cc1cccc(F)c1F. The molecule has 1 atom stereocenters. The molecule has 0 fully saturated rings. The third-order valence-electron chi connectivity index (χ3n) is 3.51. The second-order valence-electron chi connectivity index (χ2n) is 5.21. The molecule has 1 aromatic rings. The first-order chi connectivity index (χ1) is 8.80. The van der Waals surface area contributed by atoms with Crippen molar-refractivity contribution in [3.63, 3.8) is 0 Å². The average Bonchev–Trinajstić information content (AvgIpc) is 2.34. The predicted octanol–water partition coefficient (Wildman–Crippen LogP) is 2.00. The molecule has 1 amide bonds.